The molecule has 0 heterocycles. The average molecular weight is 332 g/mol. The second-order valence-electron chi connectivity index (χ2n) is 5.71. The highest BCUT2D eigenvalue weighted by Gasteiger charge is 2.13. The zero-order valence-corrected chi connectivity index (χ0v) is 14.1. The van der Waals surface area contributed by atoms with Crippen LogP contribution in [-0.2, 0) is 0 Å². The number of para-hydroxylation sites is 1. The first-order valence-electron chi connectivity index (χ1n) is 8.36. The first-order chi connectivity index (χ1) is 12.3. The van der Waals surface area contributed by atoms with Crippen molar-refractivity contribution in [2.75, 3.05) is 0 Å². The van der Waals surface area contributed by atoms with E-state index >= 15 is 0 Å². The van der Waals surface area contributed by atoms with E-state index in [4.69, 9.17) is 9.47 Å². The fourth-order valence-electron chi connectivity index (χ4n) is 2.82. The first-order valence-corrected chi connectivity index (χ1v) is 8.36. The van der Waals surface area contributed by atoms with Gasteiger partial charge in [-0.15, -0.1) is 0 Å². The third-order valence-electron chi connectivity index (χ3n) is 4.04. The van der Waals surface area contributed by atoms with Crippen LogP contribution < -0.4 is 9.47 Å². The van der Waals surface area contributed by atoms with Crippen molar-refractivity contribution in [2.24, 2.45) is 0 Å². The topological polar surface area (TPSA) is 35.5 Å². The van der Waals surface area contributed by atoms with Gasteiger partial charge in [0.1, 0.15) is 11.5 Å². The summed E-state index contributed by atoms with van der Waals surface area (Å²) in [6.45, 7) is 2.17. The van der Waals surface area contributed by atoms with E-state index in [0.717, 1.165) is 6.42 Å². The second kappa shape index (κ2) is 8.15. The Hall–Kier alpha value is -3.07. The molecule has 0 saturated heterocycles. The minimum atomic E-state index is -0.742. The van der Waals surface area contributed by atoms with Crippen LogP contribution in [0, 0.1) is 0 Å². The molecule has 126 valence electrons. The van der Waals surface area contributed by atoms with Crippen LogP contribution in [0.4, 0.5) is 4.79 Å². The van der Waals surface area contributed by atoms with E-state index in [-0.39, 0.29) is 0 Å². The number of ether oxygens (including phenoxy) is 2. The lowest BCUT2D eigenvalue weighted by Gasteiger charge is -2.16. The van der Waals surface area contributed by atoms with Gasteiger partial charge in [-0.1, -0.05) is 67.6 Å². The molecule has 0 N–H and O–H groups in total. The summed E-state index contributed by atoms with van der Waals surface area (Å²) in [7, 11) is 0. The van der Waals surface area contributed by atoms with Crippen molar-refractivity contribution in [3.8, 4) is 11.5 Å². The van der Waals surface area contributed by atoms with E-state index in [0.29, 0.717) is 17.4 Å². The van der Waals surface area contributed by atoms with Gasteiger partial charge in [0.05, 0.1) is 0 Å². The average Bonchev–Trinajstić information content (AvgIpc) is 2.65. The highest BCUT2D eigenvalue weighted by molar-refractivity contribution is 5.67. The van der Waals surface area contributed by atoms with Crippen LogP contribution >= 0.6 is 0 Å². The quantitative estimate of drug-likeness (QED) is 0.437. The normalized spacial score (nSPS) is 11.6. The molecule has 0 aliphatic carbocycles. The van der Waals surface area contributed by atoms with Crippen molar-refractivity contribution in [2.45, 2.75) is 19.3 Å². The summed E-state index contributed by atoms with van der Waals surface area (Å²) < 4.78 is 10.4. The van der Waals surface area contributed by atoms with Gasteiger partial charge in [-0.25, -0.2) is 4.79 Å². The van der Waals surface area contributed by atoms with Crippen LogP contribution in [0.1, 0.15) is 30.4 Å². The van der Waals surface area contributed by atoms with E-state index < -0.39 is 6.16 Å². The molecule has 3 aromatic rings. The van der Waals surface area contributed by atoms with Crippen molar-refractivity contribution in [3.05, 3.63) is 96.1 Å². The molecule has 0 bridgehead atoms. The van der Waals surface area contributed by atoms with Crippen LogP contribution in [0.3, 0.4) is 0 Å². The van der Waals surface area contributed by atoms with Crippen LogP contribution in [0.25, 0.3) is 0 Å². The Balaban J connectivity index is 1.66. The number of carbonyl (C=O) groups excluding carboxylic acids is 1. The molecule has 0 fully saturated rings. The van der Waals surface area contributed by atoms with E-state index in [1.165, 1.54) is 11.1 Å². The molecule has 1 unspecified atom stereocenters. The first kappa shape index (κ1) is 16.8. The van der Waals surface area contributed by atoms with Crippen molar-refractivity contribution < 1.29 is 14.3 Å². The van der Waals surface area contributed by atoms with E-state index in [1.807, 2.05) is 24.3 Å². The second-order valence-corrected chi connectivity index (χ2v) is 5.71. The molecule has 3 aromatic carbocycles. The van der Waals surface area contributed by atoms with Gasteiger partial charge >= 0.3 is 6.16 Å². The summed E-state index contributed by atoms with van der Waals surface area (Å²) in [5, 5.41) is 0. The molecule has 0 saturated carbocycles. The van der Waals surface area contributed by atoms with Crippen molar-refractivity contribution in [1.82, 2.24) is 0 Å². The van der Waals surface area contributed by atoms with Crippen LogP contribution in [-0.4, -0.2) is 6.16 Å². The van der Waals surface area contributed by atoms with Gasteiger partial charge in [-0.2, -0.15) is 0 Å². The van der Waals surface area contributed by atoms with Gasteiger partial charge in [0, 0.05) is 5.92 Å². The number of benzene rings is 3. The number of hydrogen-bond acceptors (Lipinski definition) is 3. The standard InChI is InChI=1S/C22H20O3/c1-2-21(17-9-5-3-6-10-17)18-13-15-20(16-14-18)25-22(23)24-19-11-7-4-8-12-19/h3-16,21H,2H2,1H3. The van der Waals surface area contributed by atoms with Gasteiger partial charge in [-0.3, -0.25) is 0 Å². The summed E-state index contributed by atoms with van der Waals surface area (Å²) in [6, 6.07) is 26.8. The molecule has 0 amide bonds. The molecule has 25 heavy (non-hydrogen) atoms. The maximum Gasteiger partial charge on any atom is 0.519 e. The monoisotopic (exact) mass is 332 g/mol. The Morgan fingerprint density at radius 2 is 1.20 bits per heavy atom. The Kier molecular flexibility index (Phi) is 5.47. The lowest BCUT2D eigenvalue weighted by Crippen LogP contribution is -2.13. The van der Waals surface area contributed by atoms with Gasteiger partial charge in [0.2, 0.25) is 0 Å². The van der Waals surface area contributed by atoms with E-state index in [9.17, 15) is 4.79 Å². The molecule has 1 atom stereocenters. The molecule has 0 radical (unpaired) electrons. The van der Waals surface area contributed by atoms with Gasteiger partial charge in [-0.05, 0) is 41.8 Å². The molecule has 3 nitrogen and oxygen atoms in total. The van der Waals surface area contributed by atoms with Crippen molar-refractivity contribution in [3.63, 3.8) is 0 Å². The summed E-state index contributed by atoms with van der Waals surface area (Å²) >= 11 is 0. The zero-order valence-electron chi connectivity index (χ0n) is 14.1. The smallest absolute Gasteiger partial charge is 0.395 e. The molecule has 0 aromatic heterocycles. The van der Waals surface area contributed by atoms with Crippen LogP contribution in [0.2, 0.25) is 0 Å². The molecule has 3 heteroatoms. The SMILES string of the molecule is CCC(c1ccccc1)c1ccc(OC(=O)Oc2ccccc2)cc1. The minimum Gasteiger partial charge on any atom is -0.395 e. The summed E-state index contributed by atoms with van der Waals surface area (Å²) in [5.74, 6) is 1.25. The third-order valence-corrected chi connectivity index (χ3v) is 4.04. The van der Waals surface area contributed by atoms with Gasteiger partial charge < -0.3 is 9.47 Å². The predicted molar refractivity (Wildman–Crippen MR) is 98.1 cm³/mol. The van der Waals surface area contributed by atoms with Crippen LogP contribution in [0.15, 0.2) is 84.9 Å². The number of hydrogen-bond donors (Lipinski definition) is 0. The maximum atomic E-state index is 11.8. The lowest BCUT2D eigenvalue weighted by molar-refractivity contribution is 0.152. The Bertz CT molecular complexity index is 796. The van der Waals surface area contributed by atoms with Crippen molar-refractivity contribution >= 4 is 6.16 Å². The lowest BCUT2D eigenvalue weighted by atomic mass is 9.89. The number of rotatable bonds is 5. The van der Waals surface area contributed by atoms with Crippen molar-refractivity contribution in [1.29, 1.82) is 0 Å². The molecular formula is C22H20O3. The fourth-order valence-corrected chi connectivity index (χ4v) is 2.82. The van der Waals surface area contributed by atoms with E-state index in [2.05, 4.69) is 31.2 Å². The highest BCUT2D eigenvalue weighted by Crippen LogP contribution is 2.29. The minimum absolute atomic E-state index is 0.325. The molecule has 0 spiro atoms. The summed E-state index contributed by atoms with van der Waals surface area (Å²) in [4.78, 5) is 11.8. The fraction of sp³-hybridized carbons (Fsp3) is 0.136. The van der Waals surface area contributed by atoms with Gasteiger partial charge in [0.25, 0.3) is 0 Å². The van der Waals surface area contributed by atoms with E-state index in [1.54, 1.807) is 36.4 Å². The molecular weight excluding hydrogens is 312 g/mol. The third kappa shape index (κ3) is 4.48. The highest BCUT2D eigenvalue weighted by atomic mass is 16.7. The largest absolute Gasteiger partial charge is 0.519 e. The molecule has 0 aliphatic heterocycles. The summed E-state index contributed by atoms with van der Waals surface area (Å²) in [6.07, 6.45) is 0.259. The maximum absolute atomic E-state index is 11.8. The Labute approximate surface area is 147 Å². The zero-order chi connectivity index (χ0) is 17.5. The summed E-state index contributed by atoms with van der Waals surface area (Å²) in [5.41, 5.74) is 2.47. The predicted octanol–water partition coefficient (Wildman–Crippen LogP) is 5.81. The molecule has 0 aliphatic rings. The van der Waals surface area contributed by atoms with Crippen LogP contribution in [0.5, 0.6) is 11.5 Å². The Morgan fingerprint density at radius 3 is 1.76 bits per heavy atom. The number of carbonyl (C=O) groups is 1. The Morgan fingerprint density at radius 1 is 0.720 bits per heavy atom. The molecule has 3 rings (SSSR count). The van der Waals surface area contributed by atoms with Gasteiger partial charge in [0.15, 0.2) is 0 Å².